The minimum atomic E-state index is -2.54. The summed E-state index contributed by atoms with van der Waals surface area (Å²) in [5.74, 6) is -1.72. The van der Waals surface area contributed by atoms with Gasteiger partial charge in [-0.15, -0.1) is 11.3 Å². The summed E-state index contributed by atoms with van der Waals surface area (Å²) in [6, 6.07) is 4.97. The van der Waals surface area contributed by atoms with Crippen LogP contribution < -0.4 is 4.74 Å². The van der Waals surface area contributed by atoms with E-state index in [0.29, 0.717) is 12.0 Å². The van der Waals surface area contributed by atoms with Crippen LogP contribution in [0.3, 0.4) is 0 Å². The largest absolute Gasteiger partial charge is 0.496 e. The highest BCUT2D eigenvalue weighted by molar-refractivity contribution is 7.09. The highest BCUT2D eigenvalue weighted by atomic mass is 32.1. The molecule has 0 saturated carbocycles. The number of aliphatic carboxylic acids is 1. The lowest BCUT2D eigenvalue weighted by Crippen LogP contribution is -2.56. The second-order valence-electron chi connectivity index (χ2n) is 10.0. The van der Waals surface area contributed by atoms with Crippen molar-refractivity contribution >= 4 is 29.4 Å². The van der Waals surface area contributed by atoms with Gasteiger partial charge < -0.3 is 20.0 Å². The highest BCUT2D eigenvalue weighted by Crippen LogP contribution is 2.53. The number of carbonyl (C=O) groups excluding carboxylic acids is 1. The molecule has 0 radical (unpaired) electrons. The summed E-state index contributed by atoms with van der Waals surface area (Å²) < 4.78 is 23.5. The Morgan fingerprint density at radius 2 is 2.11 bits per heavy atom. The number of alkyl halides is 1. The number of carbonyl (C=O) groups is 2. The molecule has 2 N–H and O–H groups in total. The summed E-state index contributed by atoms with van der Waals surface area (Å²) in [4.78, 5) is 32.4. The molecule has 12 heteroatoms. The Kier molecular flexibility index (Phi) is 6.80. The van der Waals surface area contributed by atoms with E-state index in [2.05, 4.69) is 15.2 Å². The van der Waals surface area contributed by atoms with Crippen LogP contribution in [0.5, 0.6) is 5.75 Å². The lowest BCUT2D eigenvalue weighted by atomic mass is 9.85. The van der Waals surface area contributed by atoms with Crippen LogP contribution in [0.15, 0.2) is 53.4 Å². The molecule has 10 nitrogen and oxygen atoms in total. The van der Waals surface area contributed by atoms with Gasteiger partial charge >= 0.3 is 5.97 Å². The van der Waals surface area contributed by atoms with Crippen LogP contribution in [0.4, 0.5) is 4.39 Å². The molecule has 1 aromatic carbocycles. The molecule has 1 aliphatic rings. The van der Waals surface area contributed by atoms with Crippen molar-refractivity contribution in [2.45, 2.75) is 56.4 Å². The van der Waals surface area contributed by atoms with E-state index in [0.717, 1.165) is 21.8 Å². The third-order valence-corrected chi connectivity index (χ3v) is 7.38. The number of methoxy groups -OCH3 is 1. The zero-order chi connectivity index (χ0) is 27.0. The zero-order valence-electron chi connectivity index (χ0n) is 20.8. The van der Waals surface area contributed by atoms with Gasteiger partial charge in [-0.25, -0.2) is 14.2 Å². The number of likely N-dealkylation sites (tertiary alicyclic amines) is 1. The van der Waals surface area contributed by atoms with Crippen molar-refractivity contribution in [3.8, 4) is 5.75 Å². The third kappa shape index (κ3) is 4.57. The van der Waals surface area contributed by atoms with Crippen LogP contribution in [0.1, 0.15) is 54.2 Å². The van der Waals surface area contributed by atoms with E-state index in [4.69, 9.17) is 4.74 Å². The molecule has 3 unspecified atom stereocenters. The SMILES string of the molecule is COc1cc(C(=O)N2C(c3nccs3)C(F)(/C=N/O)CC2(Cn2cccn2)C(=O)O)ccc1C(C)(C)C. The van der Waals surface area contributed by atoms with Crippen molar-refractivity contribution in [1.29, 1.82) is 0 Å². The molecular formula is C25H28FN5O5S. The smallest absolute Gasteiger partial charge is 0.331 e. The summed E-state index contributed by atoms with van der Waals surface area (Å²) in [6.45, 7) is 5.65. The highest BCUT2D eigenvalue weighted by Gasteiger charge is 2.67. The summed E-state index contributed by atoms with van der Waals surface area (Å²) in [5.41, 5.74) is -3.96. The average molecular weight is 530 g/mol. The van der Waals surface area contributed by atoms with Crippen molar-refractivity contribution < 1.29 is 29.0 Å². The van der Waals surface area contributed by atoms with Gasteiger partial charge in [-0.05, 0) is 29.2 Å². The molecule has 0 bridgehead atoms. The molecule has 3 atom stereocenters. The predicted molar refractivity (Wildman–Crippen MR) is 134 cm³/mol. The number of nitrogens with zero attached hydrogens (tertiary/aromatic N) is 5. The fraction of sp³-hybridized carbons (Fsp3) is 0.400. The summed E-state index contributed by atoms with van der Waals surface area (Å²) in [7, 11) is 1.48. The number of oxime groups is 1. The number of hydrogen-bond acceptors (Lipinski definition) is 8. The average Bonchev–Trinajstić information content (AvgIpc) is 3.58. The minimum Gasteiger partial charge on any atom is -0.496 e. The van der Waals surface area contributed by atoms with E-state index < -0.39 is 35.5 Å². The third-order valence-electron chi connectivity index (χ3n) is 6.55. The fourth-order valence-electron chi connectivity index (χ4n) is 4.92. The Morgan fingerprint density at radius 3 is 2.65 bits per heavy atom. The molecule has 2 aromatic heterocycles. The van der Waals surface area contributed by atoms with E-state index >= 15 is 4.39 Å². The number of amides is 1. The second kappa shape index (κ2) is 9.58. The van der Waals surface area contributed by atoms with Gasteiger partial charge in [-0.3, -0.25) is 9.48 Å². The van der Waals surface area contributed by atoms with Crippen LogP contribution in [-0.4, -0.2) is 66.4 Å². The number of ether oxygens (including phenoxy) is 1. The maximum Gasteiger partial charge on any atom is 0.331 e. The second-order valence-corrected chi connectivity index (χ2v) is 10.9. The molecule has 0 spiro atoms. The maximum atomic E-state index is 16.7. The number of aromatic nitrogens is 3. The number of hydrogen-bond donors (Lipinski definition) is 2. The van der Waals surface area contributed by atoms with Crippen molar-refractivity contribution in [3.05, 3.63) is 64.4 Å². The minimum absolute atomic E-state index is 0.114. The topological polar surface area (TPSA) is 130 Å². The van der Waals surface area contributed by atoms with Gasteiger partial charge in [-0.1, -0.05) is 32.0 Å². The van der Waals surface area contributed by atoms with Gasteiger partial charge in [-0.2, -0.15) is 5.10 Å². The van der Waals surface area contributed by atoms with Crippen LogP contribution in [-0.2, 0) is 16.8 Å². The molecule has 0 aliphatic carbocycles. The summed E-state index contributed by atoms with van der Waals surface area (Å²) in [6.07, 6.45) is 4.38. The molecule has 4 rings (SSSR count). The number of carboxylic acids is 1. The number of halogens is 1. The fourth-order valence-corrected chi connectivity index (χ4v) is 5.74. The van der Waals surface area contributed by atoms with Crippen LogP contribution in [0.2, 0.25) is 0 Å². The zero-order valence-corrected chi connectivity index (χ0v) is 21.6. The summed E-state index contributed by atoms with van der Waals surface area (Å²) in [5, 5.41) is 28.6. The standard InChI is InChI=1S/C25H28FN5O5S/c1-23(2,3)17-7-6-16(12-18(17)36-4)21(32)31-19(20-27-9-11-37-20)24(26,14-29-35)13-25(31,22(33)34)15-30-10-5-8-28-30/h5-12,14,19,35H,13,15H2,1-4H3,(H,33,34)/b29-14+. The molecule has 37 heavy (non-hydrogen) atoms. The van der Waals surface area contributed by atoms with E-state index in [1.807, 2.05) is 20.8 Å². The molecule has 3 heterocycles. The van der Waals surface area contributed by atoms with Gasteiger partial charge in [0.1, 0.15) is 16.8 Å². The lowest BCUT2D eigenvalue weighted by Gasteiger charge is -2.37. The van der Waals surface area contributed by atoms with Crippen molar-refractivity contribution in [2.75, 3.05) is 7.11 Å². The Labute approximate surface area is 217 Å². The molecule has 1 fully saturated rings. The Hall–Kier alpha value is -3.80. The number of carboxylic acid groups (broad SMARTS) is 1. The van der Waals surface area contributed by atoms with Crippen molar-refractivity contribution in [3.63, 3.8) is 0 Å². The van der Waals surface area contributed by atoms with Gasteiger partial charge in [0.15, 0.2) is 11.2 Å². The normalized spacial score (nSPS) is 24.0. The maximum absolute atomic E-state index is 16.7. The quantitative estimate of drug-likeness (QED) is 0.269. The van der Waals surface area contributed by atoms with E-state index in [9.17, 15) is 19.9 Å². The van der Waals surface area contributed by atoms with E-state index in [-0.39, 0.29) is 22.5 Å². The van der Waals surface area contributed by atoms with Gasteiger partial charge in [0, 0.05) is 36.0 Å². The Morgan fingerprint density at radius 1 is 1.35 bits per heavy atom. The van der Waals surface area contributed by atoms with Gasteiger partial charge in [0.2, 0.25) is 0 Å². The van der Waals surface area contributed by atoms with Crippen LogP contribution in [0, 0.1) is 0 Å². The van der Waals surface area contributed by atoms with E-state index in [1.54, 1.807) is 23.6 Å². The molecule has 1 amide bonds. The Balaban J connectivity index is 1.94. The Bertz CT molecular complexity index is 1310. The van der Waals surface area contributed by atoms with Crippen molar-refractivity contribution in [1.82, 2.24) is 19.7 Å². The number of benzene rings is 1. The molecule has 3 aromatic rings. The molecule has 196 valence electrons. The van der Waals surface area contributed by atoms with E-state index in [1.165, 1.54) is 36.4 Å². The molecule has 1 saturated heterocycles. The number of thiazole rings is 1. The molecular weight excluding hydrogens is 501 g/mol. The number of rotatable bonds is 7. The van der Waals surface area contributed by atoms with Gasteiger partial charge in [0.25, 0.3) is 5.91 Å². The molecule has 1 aliphatic heterocycles. The monoisotopic (exact) mass is 529 g/mol. The van der Waals surface area contributed by atoms with Crippen LogP contribution >= 0.6 is 11.3 Å². The summed E-state index contributed by atoms with van der Waals surface area (Å²) >= 11 is 1.07. The lowest BCUT2D eigenvalue weighted by molar-refractivity contribution is -0.150. The first-order valence-corrected chi connectivity index (χ1v) is 12.3. The first-order valence-electron chi connectivity index (χ1n) is 11.5. The predicted octanol–water partition coefficient (Wildman–Crippen LogP) is 3.92. The first-order chi connectivity index (χ1) is 17.5. The van der Waals surface area contributed by atoms with Crippen LogP contribution in [0.25, 0.3) is 0 Å². The first kappa shape index (κ1) is 26.3. The van der Waals surface area contributed by atoms with Crippen molar-refractivity contribution in [2.24, 2.45) is 5.16 Å². The van der Waals surface area contributed by atoms with Gasteiger partial charge in [0.05, 0.1) is 19.9 Å².